The van der Waals surface area contributed by atoms with Crippen LogP contribution in [0.5, 0.6) is 17.2 Å². The van der Waals surface area contributed by atoms with Gasteiger partial charge in [-0.3, -0.25) is 4.90 Å². The minimum Gasteiger partial charge on any atom is -0.497 e. The average molecular weight is 363 g/mol. The number of nitrogens with zero attached hydrogens (tertiary/aromatic N) is 1. The lowest BCUT2D eigenvalue weighted by Crippen LogP contribution is -2.35. The molecule has 0 saturated carbocycles. The molecule has 0 aromatic heterocycles. The summed E-state index contributed by atoms with van der Waals surface area (Å²) in [6.07, 6.45) is 3.72. The van der Waals surface area contributed by atoms with Crippen molar-refractivity contribution in [2.45, 2.75) is 31.8 Å². The Labute approximate surface area is 159 Å². The van der Waals surface area contributed by atoms with E-state index < -0.39 is 0 Å². The van der Waals surface area contributed by atoms with E-state index in [4.69, 9.17) is 14.2 Å². The summed E-state index contributed by atoms with van der Waals surface area (Å²) in [4.78, 5) is 2.65. The van der Waals surface area contributed by atoms with Crippen molar-refractivity contribution >= 4 is 21.5 Å². The van der Waals surface area contributed by atoms with Gasteiger partial charge >= 0.3 is 0 Å². The highest BCUT2D eigenvalue weighted by Crippen LogP contribution is 2.46. The molecule has 1 atom stereocenters. The molecule has 0 amide bonds. The quantitative estimate of drug-likeness (QED) is 0.639. The number of benzene rings is 3. The number of rotatable bonds is 3. The molecule has 0 unspecified atom stereocenters. The molecule has 0 N–H and O–H groups in total. The van der Waals surface area contributed by atoms with Gasteiger partial charge < -0.3 is 14.2 Å². The molecule has 2 heterocycles. The number of hydrogen-bond donors (Lipinski definition) is 0. The Bertz CT molecular complexity index is 1040. The zero-order valence-corrected chi connectivity index (χ0v) is 16.2. The summed E-state index contributed by atoms with van der Waals surface area (Å²) in [6, 6.07) is 11.3. The van der Waals surface area contributed by atoms with Crippen molar-refractivity contribution in [2.24, 2.45) is 0 Å². The maximum Gasteiger partial charge on any atom is 0.169 e. The second kappa shape index (κ2) is 6.31. The minimum atomic E-state index is 0.671. The van der Waals surface area contributed by atoms with Gasteiger partial charge in [-0.1, -0.05) is 12.1 Å². The van der Waals surface area contributed by atoms with Crippen molar-refractivity contribution in [3.63, 3.8) is 0 Å². The largest absolute Gasteiger partial charge is 0.497 e. The van der Waals surface area contributed by atoms with Gasteiger partial charge in [0.25, 0.3) is 0 Å². The Balaban J connectivity index is 1.91. The smallest absolute Gasteiger partial charge is 0.169 e. The van der Waals surface area contributed by atoms with Crippen LogP contribution in [0.25, 0.3) is 21.5 Å². The van der Waals surface area contributed by atoms with E-state index in [0.29, 0.717) is 6.04 Å². The first-order chi connectivity index (χ1) is 13.2. The van der Waals surface area contributed by atoms with Gasteiger partial charge in [-0.25, -0.2) is 0 Å². The van der Waals surface area contributed by atoms with Crippen molar-refractivity contribution in [3.8, 4) is 17.2 Å². The molecular formula is C23H25NO3. The topological polar surface area (TPSA) is 30.9 Å². The molecule has 140 valence electrons. The predicted octanol–water partition coefficient (Wildman–Crippen LogP) is 4.54. The van der Waals surface area contributed by atoms with Crippen LogP contribution in [0, 0.1) is 0 Å². The van der Waals surface area contributed by atoms with E-state index >= 15 is 0 Å². The molecule has 0 radical (unpaired) electrons. The van der Waals surface area contributed by atoms with Crippen LogP contribution >= 0.6 is 0 Å². The Morgan fingerprint density at radius 3 is 2.52 bits per heavy atom. The van der Waals surface area contributed by atoms with E-state index in [1.54, 1.807) is 21.3 Å². The van der Waals surface area contributed by atoms with E-state index in [9.17, 15) is 0 Å². The molecule has 1 fully saturated rings. The summed E-state index contributed by atoms with van der Waals surface area (Å²) < 4.78 is 17.0. The fourth-order valence-electron chi connectivity index (χ4n) is 5.08. The summed E-state index contributed by atoms with van der Waals surface area (Å²) in [5.41, 5.74) is 2.94. The fourth-order valence-corrected chi connectivity index (χ4v) is 5.08. The number of hydrogen-bond acceptors (Lipinski definition) is 4. The Morgan fingerprint density at radius 2 is 1.74 bits per heavy atom. The molecule has 3 aromatic carbocycles. The normalized spacial score (nSPS) is 19.1. The van der Waals surface area contributed by atoms with Crippen LogP contribution in [-0.4, -0.2) is 38.8 Å². The number of ether oxygens (including phenoxy) is 3. The molecule has 3 aromatic rings. The van der Waals surface area contributed by atoms with Gasteiger partial charge in [0.05, 0.1) is 21.3 Å². The zero-order valence-electron chi connectivity index (χ0n) is 16.2. The first kappa shape index (κ1) is 16.7. The molecule has 4 heteroatoms. The maximum absolute atomic E-state index is 5.83. The standard InChI is InChI=1S/C23H25NO3/c1-25-15-6-7-16-19(12-15)22-17(8-9-21(26-2)23(22)27-3)18-11-14-5-4-10-24(14)13-20(16)18/h6-9,12,14H,4-5,10-11,13H2,1-3H3/t14-/m1/s1. The Morgan fingerprint density at radius 1 is 0.889 bits per heavy atom. The molecule has 1 saturated heterocycles. The molecule has 0 spiro atoms. The Kier molecular flexibility index (Phi) is 3.90. The van der Waals surface area contributed by atoms with Crippen LogP contribution in [0.4, 0.5) is 0 Å². The molecule has 27 heavy (non-hydrogen) atoms. The highest BCUT2D eigenvalue weighted by molar-refractivity contribution is 6.15. The maximum atomic E-state index is 5.83. The molecule has 5 rings (SSSR count). The van der Waals surface area contributed by atoms with Gasteiger partial charge in [0.1, 0.15) is 5.75 Å². The molecular weight excluding hydrogens is 338 g/mol. The summed E-state index contributed by atoms with van der Waals surface area (Å²) in [5, 5.41) is 4.90. The third-order valence-electron chi connectivity index (χ3n) is 6.36. The SMILES string of the molecule is COc1ccc2c3c(c4ccc(OC)c(OC)c4c2c1)C[C@H]1CCCN1C3. The Hall–Kier alpha value is -2.46. The van der Waals surface area contributed by atoms with Crippen molar-refractivity contribution < 1.29 is 14.2 Å². The van der Waals surface area contributed by atoms with Gasteiger partial charge in [0, 0.05) is 18.0 Å². The van der Waals surface area contributed by atoms with Crippen molar-refractivity contribution in [1.29, 1.82) is 0 Å². The van der Waals surface area contributed by atoms with Gasteiger partial charge in [-0.15, -0.1) is 0 Å². The third-order valence-corrected chi connectivity index (χ3v) is 6.36. The van der Waals surface area contributed by atoms with E-state index in [1.807, 2.05) is 6.07 Å². The molecule has 0 aliphatic carbocycles. The summed E-state index contributed by atoms with van der Waals surface area (Å²) in [5.74, 6) is 2.45. The second-order valence-electron chi connectivity index (χ2n) is 7.56. The van der Waals surface area contributed by atoms with Gasteiger partial charge in [-0.05, 0) is 71.3 Å². The van der Waals surface area contributed by atoms with E-state index in [2.05, 4.69) is 29.2 Å². The van der Waals surface area contributed by atoms with Gasteiger partial charge in [0.2, 0.25) is 0 Å². The summed E-state index contributed by atoms with van der Waals surface area (Å²) in [6.45, 7) is 2.25. The van der Waals surface area contributed by atoms with Crippen LogP contribution in [0.1, 0.15) is 24.0 Å². The first-order valence-corrected chi connectivity index (χ1v) is 9.65. The second-order valence-corrected chi connectivity index (χ2v) is 7.56. The third kappa shape index (κ3) is 2.39. The lowest BCUT2D eigenvalue weighted by molar-refractivity contribution is 0.229. The lowest BCUT2D eigenvalue weighted by atomic mass is 9.85. The van der Waals surface area contributed by atoms with Gasteiger partial charge in [-0.2, -0.15) is 0 Å². The summed E-state index contributed by atoms with van der Waals surface area (Å²) in [7, 11) is 5.14. The number of methoxy groups -OCH3 is 3. The van der Waals surface area contributed by atoms with Crippen LogP contribution in [0.3, 0.4) is 0 Å². The van der Waals surface area contributed by atoms with Crippen molar-refractivity contribution in [1.82, 2.24) is 4.90 Å². The monoisotopic (exact) mass is 363 g/mol. The van der Waals surface area contributed by atoms with E-state index in [-0.39, 0.29) is 0 Å². The fraction of sp³-hybridized carbons (Fsp3) is 0.391. The highest BCUT2D eigenvalue weighted by Gasteiger charge is 2.32. The zero-order chi connectivity index (χ0) is 18.5. The van der Waals surface area contributed by atoms with Crippen molar-refractivity contribution in [2.75, 3.05) is 27.9 Å². The molecule has 2 aliphatic rings. The minimum absolute atomic E-state index is 0.671. The van der Waals surface area contributed by atoms with Crippen LogP contribution < -0.4 is 14.2 Å². The van der Waals surface area contributed by atoms with Crippen molar-refractivity contribution in [3.05, 3.63) is 41.5 Å². The van der Waals surface area contributed by atoms with Crippen LogP contribution in [0.15, 0.2) is 30.3 Å². The summed E-state index contributed by atoms with van der Waals surface area (Å²) >= 11 is 0. The lowest BCUT2D eigenvalue weighted by Gasteiger charge is -2.33. The van der Waals surface area contributed by atoms with Crippen LogP contribution in [0.2, 0.25) is 0 Å². The van der Waals surface area contributed by atoms with E-state index in [0.717, 1.165) is 35.6 Å². The van der Waals surface area contributed by atoms with Crippen LogP contribution in [-0.2, 0) is 13.0 Å². The molecule has 4 nitrogen and oxygen atoms in total. The average Bonchev–Trinajstić information content (AvgIpc) is 3.18. The van der Waals surface area contributed by atoms with E-state index in [1.165, 1.54) is 46.7 Å². The van der Waals surface area contributed by atoms with Gasteiger partial charge in [0.15, 0.2) is 11.5 Å². The molecule has 2 aliphatic heterocycles. The highest BCUT2D eigenvalue weighted by atomic mass is 16.5. The first-order valence-electron chi connectivity index (χ1n) is 9.65. The predicted molar refractivity (Wildman–Crippen MR) is 108 cm³/mol. The molecule has 0 bridgehead atoms. The number of fused-ring (bicyclic) bond motifs is 7.